The molecule has 0 saturated carbocycles. The number of ether oxygens (including phenoxy) is 13. The van der Waals surface area contributed by atoms with Gasteiger partial charge in [0.2, 0.25) is 16.0 Å². The predicted octanol–water partition coefficient (Wildman–Crippen LogP) is 7.73. The molecule has 104 heavy (non-hydrogen) atoms. The van der Waals surface area contributed by atoms with Gasteiger partial charge in [-0.15, -0.1) is 11.8 Å². The summed E-state index contributed by atoms with van der Waals surface area (Å²) < 4.78 is 78.9. The first-order valence-electron chi connectivity index (χ1n) is 32.0. The molecule has 6 aromatic carbocycles. The topological polar surface area (TPSA) is 352 Å². The van der Waals surface area contributed by atoms with Crippen molar-refractivity contribution in [3.63, 3.8) is 0 Å². The molecule has 6 aromatic rings. The molecule has 4 amide bonds. The van der Waals surface area contributed by atoms with Gasteiger partial charge in [0.25, 0.3) is 11.8 Å². The minimum atomic E-state index is -2.34. The molecule has 0 aromatic heterocycles. The molecule has 546 valence electrons. The van der Waals surface area contributed by atoms with Crippen LogP contribution in [-0.2, 0) is 80.8 Å². The molecule has 15 atom stereocenters. The smallest absolute Gasteiger partial charge is 0.407 e. The van der Waals surface area contributed by atoms with Crippen LogP contribution in [0.15, 0.2) is 176 Å². The van der Waals surface area contributed by atoms with E-state index in [1.165, 1.54) is 133 Å². The molecule has 10 rings (SSSR count). The number of thioether (sulfide) groups is 1. The van der Waals surface area contributed by atoms with Gasteiger partial charge in [-0.05, 0) is 72.8 Å². The van der Waals surface area contributed by atoms with Crippen LogP contribution in [0.25, 0.3) is 0 Å². The summed E-state index contributed by atoms with van der Waals surface area (Å²) in [4.78, 5) is 172. The highest BCUT2D eigenvalue weighted by molar-refractivity contribution is 8.00. The number of nitrogens with zero attached hydrogens (tertiary/aromatic N) is 1. The van der Waals surface area contributed by atoms with E-state index in [1.807, 2.05) is 0 Å². The summed E-state index contributed by atoms with van der Waals surface area (Å²) in [5.41, 5.74) is -2.62. The quantitative estimate of drug-likeness (QED) is 0.0253. The van der Waals surface area contributed by atoms with E-state index in [0.717, 1.165) is 27.7 Å². The summed E-state index contributed by atoms with van der Waals surface area (Å²) in [5.74, 6) is -11.1. The molecule has 2 N–H and O–H groups in total. The lowest BCUT2D eigenvalue weighted by Gasteiger charge is -2.51. The first-order chi connectivity index (χ1) is 49.8. The molecule has 0 aliphatic carbocycles. The normalized spacial score (nSPS) is 24.9. The number of halogens is 3. The minimum Gasteiger partial charge on any atom is -0.463 e. The van der Waals surface area contributed by atoms with Gasteiger partial charge in [0, 0.05) is 27.7 Å². The lowest BCUT2D eigenvalue weighted by molar-refractivity contribution is -0.315. The summed E-state index contributed by atoms with van der Waals surface area (Å²) in [6.45, 7) is 0.644. The first-order valence-corrected chi connectivity index (χ1v) is 34.1. The summed E-state index contributed by atoms with van der Waals surface area (Å²) in [7, 11) is 0. The summed E-state index contributed by atoms with van der Waals surface area (Å²) in [6, 6.07) is 36.7. The van der Waals surface area contributed by atoms with E-state index >= 15 is 14.4 Å². The maximum Gasteiger partial charge on any atom is 0.407 e. The fourth-order valence-corrected chi connectivity index (χ4v) is 13.5. The number of alkyl halides is 3. The summed E-state index contributed by atoms with van der Waals surface area (Å²) in [5, 5.41) is 3.64. The lowest BCUT2D eigenvalue weighted by Crippen LogP contribution is -2.71. The highest BCUT2D eigenvalue weighted by Gasteiger charge is 2.62. The summed E-state index contributed by atoms with van der Waals surface area (Å²) in [6.07, 6.45) is -21.3. The Morgan fingerprint density at radius 3 is 1.28 bits per heavy atom. The van der Waals surface area contributed by atoms with Crippen molar-refractivity contribution in [2.75, 3.05) is 26.4 Å². The molecule has 4 aliphatic heterocycles. The average molecular weight is 1510 g/mol. The second-order valence-corrected chi connectivity index (χ2v) is 27.4. The maximum absolute atomic E-state index is 15.4. The molecule has 32 heteroatoms. The number of esters is 8. The Morgan fingerprint density at radius 1 is 0.423 bits per heavy atom. The maximum atomic E-state index is 15.4. The van der Waals surface area contributed by atoms with Gasteiger partial charge < -0.3 is 72.2 Å². The van der Waals surface area contributed by atoms with E-state index < -0.39 is 192 Å². The van der Waals surface area contributed by atoms with Gasteiger partial charge in [0.15, 0.2) is 24.6 Å². The third-order valence-electron chi connectivity index (χ3n) is 16.2. The Bertz CT molecular complexity index is 4080. The van der Waals surface area contributed by atoms with Crippen LogP contribution in [0.1, 0.15) is 100 Å². The number of hydrogen-bond donors (Lipinski definition) is 2. The van der Waals surface area contributed by atoms with Crippen molar-refractivity contribution in [3.8, 4) is 0 Å². The van der Waals surface area contributed by atoms with Crippen LogP contribution in [0, 0.1) is 0 Å². The number of carbonyl (C=O) groups is 12. The van der Waals surface area contributed by atoms with Crippen molar-refractivity contribution in [1.29, 1.82) is 0 Å². The van der Waals surface area contributed by atoms with Crippen molar-refractivity contribution in [1.82, 2.24) is 15.5 Å². The van der Waals surface area contributed by atoms with Gasteiger partial charge in [-0.1, -0.05) is 138 Å². The van der Waals surface area contributed by atoms with Crippen molar-refractivity contribution in [3.05, 3.63) is 215 Å². The Labute approximate surface area is 612 Å². The Balaban J connectivity index is 1.19. The number of nitrogens with one attached hydrogen (secondary N) is 2. The number of rotatable bonds is 24. The molecule has 28 nitrogen and oxygen atoms in total. The average Bonchev–Trinajstić information content (AvgIpc) is 1.43. The number of imide groups is 1. The lowest BCUT2D eigenvalue weighted by atomic mass is 9.93. The van der Waals surface area contributed by atoms with E-state index in [4.69, 9.17) is 96.4 Å². The van der Waals surface area contributed by atoms with Gasteiger partial charge in [-0.3, -0.25) is 33.7 Å². The molecule has 0 spiro atoms. The fraction of sp³-hybridized carbons (Fsp3) is 0.333. The van der Waals surface area contributed by atoms with Gasteiger partial charge in [0.05, 0.1) is 44.2 Å². The Kier molecular flexibility index (Phi) is 25.8. The van der Waals surface area contributed by atoms with Gasteiger partial charge in [-0.2, -0.15) is 0 Å². The van der Waals surface area contributed by atoms with Crippen molar-refractivity contribution in [2.24, 2.45) is 0 Å². The predicted molar refractivity (Wildman–Crippen MR) is 363 cm³/mol. The number of amides is 4. The van der Waals surface area contributed by atoms with Crippen molar-refractivity contribution in [2.45, 2.75) is 122 Å². The molecule has 4 aliphatic rings. The number of fused-ring (bicyclic) bond motifs is 1. The van der Waals surface area contributed by atoms with Gasteiger partial charge in [-0.25, -0.2) is 28.8 Å². The van der Waals surface area contributed by atoms with Crippen molar-refractivity contribution >= 4 is 118 Å². The molecular weight excluding hydrogens is 1450 g/mol. The number of benzene rings is 6. The standard InChI is InChI=1S/C72H66Cl3N3O25S/c1-38(79)76-52-58(101-66(88)45-28-16-8-17-29-45)60(51(36-92-40(3)81)97-68(52)95-41(4)82)104-70-53(77-71(90)94-37-72(73,74)75)57(100-65(87)44-26-14-7-15-27-44)55(50(98-70)34-91-39(2)80)103-69-54(78-61(83)47-32-20-21-33-48(47)62(78)84)59(102-67(89)46-30-18-9-19-31-46)56(99-64(86)43-24-12-6-13-25-43)49(96-69)35-93-63(85)42-22-10-5-11-23-42/h5-33,49-60,68-70H,34-37H2,1-4H3,(H,76,79)(H,77,90)/t49-,50-,51-,52-,53-,54-,55-,56-,57-,58-,59-,60-,68+,69+,70+/m1/s1. The second kappa shape index (κ2) is 35.0. The van der Waals surface area contributed by atoms with E-state index in [1.54, 1.807) is 42.5 Å². The number of carbonyl (C=O) groups excluding carboxylic acids is 12. The van der Waals surface area contributed by atoms with Gasteiger partial charge in [0.1, 0.15) is 80.5 Å². The Hall–Kier alpha value is -9.98. The van der Waals surface area contributed by atoms with E-state index in [0.29, 0.717) is 16.7 Å². The monoisotopic (exact) mass is 1510 g/mol. The van der Waals surface area contributed by atoms with E-state index in [9.17, 15) is 43.2 Å². The molecule has 0 unspecified atom stereocenters. The zero-order valence-electron chi connectivity index (χ0n) is 55.4. The Morgan fingerprint density at radius 2 is 0.827 bits per heavy atom. The molecule has 3 saturated heterocycles. The number of alkyl carbamates (subject to hydrolysis) is 1. The van der Waals surface area contributed by atoms with Gasteiger partial charge >= 0.3 is 53.8 Å². The third-order valence-corrected chi connectivity index (χ3v) is 18.1. The third kappa shape index (κ3) is 19.4. The summed E-state index contributed by atoms with van der Waals surface area (Å²) >= 11 is 19.0. The zero-order valence-corrected chi connectivity index (χ0v) is 58.5. The van der Waals surface area contributed by atoms with Crippen LogP contribution in [0.3, 0.4) is 0 Å². The van der Waals surface area contributed by atoms with E-state index in [2.05, 4.69) is 10.6 Å². The van der Waals surface area contributed by atoms with Crippen LogP contribution >= 0.6 is 46.6 Å². The SMILES string of the molecule is CC(=O)N[C@H]1[C@@H](OC(C)=O)O[C@H](COC(C)=O)[C@@H](S[C@@H]2O[C@H](COC(C)=O)[C@@H](O[C@@H]3O[C@H](COC(=O)c4ccccc4)[C@@H](OC(=O)c4ccccc4)[C@H](OC(=O)c4ccccc4)[C@H]3N3C(=O)c4ccccc4C3=O)[C@H](OC(=O)c3ccccc3)[C@H]2NC(=O)OCC(Cl)(Cl)Cl)[C@@H]1OC(=O)c1ccccc1. The van der Waals surface area contributed by atoms with Crippen LogP contribution in [0.2, 0.25) is 0 Å². The van der Waals surface area contributed by atoms with Crippen molar-refractivity contribution < 1.29 is 119 Å². The van der Waals surface area contributed by atoms with Crippen LogP contribution in [-0.4, -0.2) is 197 Å². The number of hydrogen-bond acceptors (Lipinski definition) is 26. The molecule has 0 bridgehead atoms. The van der Waals surface area contributed by atoms with Crippen LogP contribution in [0.5, 0.6) is 0 Å². The zero-order chi connectivity index (χ0) is 74.4. The second-order valence-electron chi connectivity index (χ2n) is 23.6. The highest BCUT2D eigenvalue weighted by atomic mass is 35.6. The van der Waals surface area contributed by atoms with E-state index in [-0.39, 0.29) is 38.9 Å². The van der Waals surface area contributed by atoms with Crippen LogP contribution < -0.4 is 10.6 Å². The molecule has 0 radical (unpaired) electrons. The molecular formula is C72H66Cl3N3O25S. The first kappa shape index (κ1) is 76.7. The van der Waals surface area contributed by atoms with Crippen LogP contribution in [0.4, 0.5) is 4.79 Å². The molecule has 3 fully saturated rings. The highest BCUT2D eigenvalue weighted by Crippen LogP contribution is 2.44. The largest absolute Gasteiger partial charge is 0.463 e. The molecule has 4 heterocycles. The minimum absolute atomic E-state index is 0.0203. The fourth-order valence-electron chi connectivity index (χ4n) is 11.7.